The molecule has 17 heavy (non-hydrogen) atoms. The summed E-state index contributed by atoms with van der Waals surface area (Å²) in [5.41, 5.74) is 0.826. The molecule has 3 atom stereocenters. The smallest absolute Gasteiger partial charge is 0.100 e. The number of halogens is 2. The van der Waals surface area contributed by atoms with Crippen LogP contribution in [0.25, 0.3) is 0 Å². The van der Waals surface area contributed by atoms with Crippen molar-refractivity contribution in [2.45, 2.75) is 45.1 Å². The standard InChI is InChI=1S/C13H18Cl2OS/c1-2-8-5-3-4-6-9(8)12(16)10-7-11(14)17-13(10)15/h7-9,12,16H,2-6H2,1H3. The van der Waals surface area contributed by atoms with E-state index in [1.165, 1.54) is 30.6 Å². The van der Waals surface area contributed by atoms with Crippen LogP contribution in [0.1, 0.15) is 50.7 Å². The fourth-order valence-corrected chi connectivity index (χ4v) is 4.48. The highest BCUT2D eigenvalue weighted by molar-refractivity contribution is 7.20. The van der Waals surface area contributed by atoms with Crippen molar-refractivity contribution >= 4 is 34.5 Å². The van der Waals surface area contributed by atoms with Gasteiger partial charge in [0.1, 0.15) is 4.34 Å². The number of thiophene rings is 1. The number of hydrogen-bond acceptors (Lipinski definition) is 2. The van der Waals surface area contributed by atoms with Crippen LogP contribution >= 0.6 is 34.5 Å². The topological polar surface area (TPSA) is 20.2 Å². The second-order valence-corrected chi connectivity index (χ2v) is 7.13. The minimum absolute atomic E-state index is 0.344. The molecule has 1 aliphatic carbocycles. The molecule has 0 aliphatic heterocycles. The Morgan fingerprint density at radius 1 is 1.41 bits per heavy atom. The van der Waals surface area contributed by atoms with E-state index in [0.29, 0.717) is 20.5 Å². The van der Waals surface area contributed by atoms with Gasteiger partial charge < -0.3 is 5.11 Å². The Morgan fingerprint density at radius 2 is 2.12 bits per heavy atom. The molecule has 4 heteroatoms. The molecule has 0 aromatic carbocycles. The monoisotopic (exact) mass is 292 g/mol. The number of rotatable bonds is 3. The third kappa shape index (κ3) is 2.98. The van der Waals surface area contributed by atoms with Crippen LogP contribution in [0, 0.1) is 11.8 Å². The molecule has 1 nitrogen and oxygen atoms in total. The van der Waals surface area contributed by atoms with Gasteiger partial charge in [-0.2, -0.15) is 0 Å². The molecular weight excluding hydrogens is 275 g/mol. The number of hydrogen-bond donors (Lipinski definition) is 1. The van der Waals surface area contributed by atoms with E-state index >= 15 is 0 Å². The second-order valence-electron chi connectivity index (χ2n) is 4.84. The summed E-state index contributed by atoms with van der Waals surface area (Å²) in [6.07, 6.45) is 5.53. The molecule has 1 saturated carbocycles. The lowest BCUT2D eigenvalue weighted by atomic mass is 9.74. The van der Waals surface area contributed by atoms with Gasteiger partial charge in [0.05, 0.1) is 10.4 Å². The van der Waals surface area contributed by atoms with Crippen LogP contribution in [0.3, 0.4) is 0 Å². The van der Waals surface area contributed by atoms with Crippen molar-refractivity contribution in [3.8, 4) is 0 Å². The minimum Gasteiger partial charge on any atom is -0.388 e. The molecule has 0 saturated heterocycles. The first-order valence-electron chi connectivity index (χ1n) is 6.26. The zero-order valence-electron chi connectivity index (χ0n) is 9.96. The molecular formula is C13H18Cl2OS. The van der Waals surface area contributed by atoms with Crippen molar-refractivity contribution in [1.29, 1.82) is 0 Å². The van der Waals surface area contributed by atoms with Crippen molar-refractivity contribution < 1.29 is 5.11 Å². The Morgan fingerprint density at radius 3 is 2.71 bits per heavy atom. The van der Waals surface area contributed by atoms with E-state index in [-0.39, 0.29) is 0 Å². The maximum absolute atomic E-state index is 10.5. The average Bonchev–Trinajstić information content (AvgIpc) is 2.67. The molecule has 0 bridgehead atoms. The van der Waals surface area contributed by atoms with Gasteiger partial charge in [-0.15, -0.1) is 11.3 Å². The molecule has 3 unspecified atom stereocenters. The lowest BCUT2D eigenvalue weighted by molar-refractivity contribution is 0.0455. The van der Waals surface area contributed by atoms with Crippen LogP contribution in [0.15, 0.2) is 6.07 Å². The Bertz CT molecular complexity index is 377. The van der Waals surface area contributed by atoms with Crippen LogP contribution in [-0.4, -0.2) is 5.11 Å². The maximum atomic E-state index is 10.5. The van der Waals surface area contributed by atoms with E-state index in [1.807, 2.05) is 6.07 Å². The summed E-state index contributed by atoms with van der Waals surface area (Å²) in [5, 5.41) is 10.5. The largest absolute Gasteiger partial charge is 0.388 e. The van der Waals surface area contributed by atoms with Gasteiger partial charge in [-0.3, -0.25) is 0 Å². The minimum atomic E-state index is -0.448. The van der Waals surface area contributed by atoms with Crippen molar-refractivity contribution in [2.75, 3.05) is 0 Å². The molecule has 0 amide bonds. The van der Waals surface area contributed by atoms with E-state index in [2.05, 4.69) is 6.92 Å². The Balaban J connectivity index is 2.17. The van der Waals surface area contributed by atoms with Gasteiger partial charge in [-0.1, -0.05) is 55.8 Å². The summed E-state index contributed by atoms with van der Waals surface area (Å²) in [6.45, 7) is 2.21. The zero-order chi connectivity index (χ0) is 12.4. The van der Waals surface area contributed by atoms with E-state index in [4.69, 9.17) is 23.2 Å². The fraction of sp³-hybridized carbons (Fsp3) is 0.692. The number of aliphatic hydroxyl groups is 1. The van der Waals surface area contributed by atoms with Crippen LogP contribution < -0.4 is 0 Å². The Kier molecular flexibility index (Phi) is 4.76. The van der Waals surface area contributed by atoms with Gasteiger partial charge in [-0.25, -0.2) is 0 Å². The van der Waals surface area contributed by atoms with E-state index in [0.717, 1.165) is 18.4 Å². The zero-order valence-corrected chi connectivity index (χ0v) is 12.3. The number of aliphatic hydroxyl groups excluding tert-OH is 1. The summed E-state index contributed by atoms with van der Waals surface area (Å²) >= 11 is 13.4. The van der Waals surface area contributed by atoms with E-state index in [1.54, 1.807) is 0 Å². The van der Waals surface area contributed by atoms with Crippen LogP contribution in [0.5, 0.6) is 0 Å². The average molecular weight is 293 g/mol. The van der Waals surface area contributed by atoms with Crippen molar-refractivity contribution in [1.82, 2.24) is 0 Å². The molecule has 0 radical (unpaired) electrons. The van der Waals surface area contributed by atoms with Gasteiger partial charge in [0, 0.05) is 5.56 Å². The molecule has 0 spiro atoms. The van der Waals surface area contributed by atoms with Crippen molar-refractivity contribution in [3.63, 3.8) is 0 Å². The normalized spacial score (nSPS) is 27.1. The summed E-state index contributed by atoms with van der Waals surface area (Å²) < 4.78 is 1.30. The molecule has 1 fully saturated rings. The van der Waals surface area contributed by atoms with Gasteiger partial charge in [0.25, 0.3) is 0 Å². The van der Waals surface area contributed by atoms with Gasteiger partial charge in [-0.05, 0) is 24.3 Å². The van der Waals surface area contributed by atoms with Crippen LogP contribution in [-0.2, 0) is 0 Å². The molecule has 96 valence electrons. The SMILES string of the molecule is CCC1CCCCC1C(O)c1cc(Cl)sc1Cl. The highest BCUT2D eigenvalue weighted by Gasteiger charge is 2.32. The molecule has 1 aromatic heterocycles. The molecule has 1 N–H and O–H groups in total. The molecule has 2 rings (SSSR count). The Hall–Kier alpha value is 0.240. The highest BCUT2D eigenvalue weighted by Crippen LogP contribution is 2.44. The molecule has 1 heterocycles. The van der Waals surface area contributed by atoms with Crippen LogP contribution in [0.2, 0.25) is 8.67 Å². The van der Waals surface area contributed by atoms with E-state index in [9.17, 15) is 5.11 Å². The fourth-order valence-electron chi connectivity index (χ4n) is 2.94. The Labute approximate surface area is 117 Å². The van der Waals surface area contributed by atoms with Crippen LogP contribution in [0.4, 0.5) is 0 Å². The highest BCUT2D eigenvalue weighted by atomic mass is 35.5. The molecule has 1 aliphatic rings. The summed E-state index contributed by atoms with van der Waals surface area (Å²) in [7, 11) is 0. The summed E-state index contributed by atoms with van der Waals surface area (Å²) in [6, 6.07) is 1.82. The lowest BCUT2D eigenvalue weighted by Gasteiger charge is -2.34. The first-order chi connectivity index (χ1) is 8.13. The van der Waals surface area contributed by atoms with E-state index < -0.39 is 6.10 Å². The summed E-state index contributed by atoms with van der Waals surface area (Å²) in [5.74, 6) is 0.963. The first-order valence-corrected chi connectivity index (χ1v) is 7.83. The predicted octanol–water partition coefficient (Wildman–Crippen LogP) is 5.30. The van der Waals surface area contributed by atoms with Crippen molar-refractivity contribution in [2.24, 2.45) is 11.8 Å². The van der Waals surface area contributed by atoms with Crippen molar-refractivity contribution in [3.05, 3.63) is 20.3 Å². The van der Waals surface area contributed by atoms with Gasteiger partial charge in [0.2, 0.25) is 0 Å². The molecule has 1 aromatic rings. The lowest BCUT2D eigenvalue weighted by Crippen LogP contribution is -2.25. The predicted molar refractivity (Wildman–Crippen MR) is 75.0 cm³/mol. The van der Waals surface area contributed by atoms with Gasteiger partial charge >= 0.3 is 0 Å². The first kappa shape index (κ1) is 13.7. The second kappa shape index (κ2) is 5.92. The third-order valence-corrected chi connectivity index (χ3v) is 5.42. The summed E-state index contributed by atoms with van der Waals surface area (Å²) in [4.78, 5) is 0. The maximum Gasteiger partial charge on any atom is 0.100 e. The van der Waals surface area contributed by atoms with Gasteiger partial charge in [0.15, 0.2) is 0 Å². The quantitative estimate of drug-likeness (QED) is 0.801. The third-order valence-electron chi connectivity index (χ3n) is 3.90.